The standard InChI is InChI=1S/C16H15NO3/c1-10-5-6-15-13(7-10)14(9-20-15)17-16(19)11-3-2-4-12(18)8-11/h2-8,14,18H,9H2,1H3,(H,17,19)/t14-/m0/s1. The van der Waals surface area contributed by atoms with Crippen LogP contribution in [0.1, 0.15) is 27.5 Å². The van der Waals surface area contributed by atoms with Gasteiger partial charge in [0, 0.05) is 11.1 Å². The lowest BCUT2D eigenvalue weighted by Crippen LogP contribution is -2.29. The minimum absolute atomic E-state index is 0.0802. The molecule has 0 saturated heterocycles. The zero-order chi connectivity index (χ0) is 14.1. The van der Waals surface area contributed by atoms with Gasteiger partial charge < -0.3 is 15.2 Å². The monoisotopic (exact) mass is 269 g/mol. The molecule has 0 aliphatic carbocycles. The summed E-state index contributed by atoms with van der Waals surface area (Å²) in [7, 11) is 0. The molecule has 2 N–H and O–H groups in total. The van der Waals surface area contributed by atoms with Crippen molar-refractivity contribution in [3.8, 4) is 11.5 Å². The highest BCUT2D eigenvalue weighted by Gasteiger charge is 2.25. The molecule has 1 aliphatic heterocycles. The first-order valence-corrected chi connectivity index (χ1v) is 6.47. The zero-order valence-electron chi connectivity index (χ0n) is 11.1. The average molecular weight is 269 g/mol. The minimum atomic E-state index is -0.219. The number of aromatic hydroxyl groups is 1. The number of aryl methyl sites for hydroxylation is 1. The summed E-state index contributed by atoms with van der Waals surface area (Å²) in [5.41, 5.74) is 2.57. The maximum atomic E-state index is 12.2. The molecule has 1 heterocycles. The number of rotatable bonds is 2. The number of carbonyl (C=O) groups is 1. The Hall–Kier alpha value is -2.49. The van der Waals surface area contributed by atoms with E-state index < -0.39 is 0 Å². The third-order valence-corrected chi connectivity index (χ3v) is 3.36. The lowest BCUT2D eigenvalue weighted by molar-refractivity contribution is 0.0930. The Morgan fingerprint density at radius 1 is 1.30 bits per heavy atom. The molecule has 2 aromatic rings. The summed E-state index contributed by atoms with van der Waals surface area (Å²) in [5, 5.41) is 12.3. The molecule has 4 heteroatoms. The Balaban J connectivity index is 1.80. The highest BCUT2D eigenvalue weighted by Crippen LogP contribution is 2.33. The third kappa shape index (κ3) is 2.32. The van der Waals surface area contributed by atoms with Gasteiger partial charge in [0.05, 0.1) is 6.04 Å². The van der Waals surface area contributed by atoms with E-state index in [1.807, 2.05) is 25.1 Å². The molecule has 0 fully saturated rings. The van der Waals surface area contributed by atoms with E-state index in [9.17, 15) is 9.90 Å². The van der Waals surface area contributed by atoms with Gasteiger partial charge in [-0.3, -0.25) is 4.79 Å². The van der Waals surface area contributed by atoms with Crippen molar-refractivity contribution in [1.82, 2.24) is 5.32 Å². The van der Waals surface area contributed by atoms with Crippen LogP contribution in [0, 0.1) is 6.92 Å². The molecule has 20 heavy (non-hydrogen) atoms. The summed E-state index contributed by atoms with van der Waals surface area (Å²) in [4.78, 5) is 12.2. The number of phenolic OH excluding ortho intramolecular Hbond substituents is 1. The normalized spacial score (nSPS) is 16.4. The Kier molecular flexibility index (Phi) is 3.06. The van der Waals surface area contributed by atoms with E-state index in [2.05, 4.69) is 5.32 Å². The van der Waals surface area contributed by atoms with Crippen molar-refractivity contribution < 1.29 is 14.6 Å². The molecule has 1 aliphatic rings. The number of benzene rings is 2. The first-order chi connectivity index (χ1) is 9.63. The van der Waals surface area contributed by atoms with Crippen molar-refractivity contribution >= 4 is 5.91 Å². The molecule has 102 valence electrons. The van der Waals surface area contributed by atoms with Gasteiger partial charge in [-0.1, -0.05) is 23.8 Å². The fourth-order valence-corrected chi connectivity index (χ4v) is 2.34. The topological polar surface area (TPSA) is 58.6 Å². The van der Waals surface area contributed by atoms with Crippen LogP contribution in [0.3, 0.4) is 0 Å². The molecular formula is C16H15NO3. The molecule has 0 bridgehead atoms. The quantitative estimate of drug-likeness (QED) is 0.881. The second-order valence-corrected chi connectivity index (χ2v) is 4.93. The summed E-state index contributed by atoms with van der Waals surface area (Å²) in [6.07, 6.45) is 0. The van der Waals surface area contributed by atoms with Crippen molar-refractivity contribution in [2.45, 2.75) is 13.0 Å². The summed E-state index contributed by atoms with van der Waals surface area (Å²) in [6, 6.07) is 12.1. The lowest BCUT2D eigenvalue weighted by atomic mass is 10.1. The van der Waals surface area contributed by atoms with E-state index in [1.54, 1.807) is 12.1 Å². The Labute approximate surface area is 117 Å². The number of ether oxygens (including phenoxy) is 1. The van der Waals surface area contributed by atoms with E-state index >= 15 is 0 Å². The molecule has 0 unspecified atom stereocenters. The van der Waals surface area contributed by atoms with Crippen molar-refractivity contribution in [2.24, 2.45) is 0 Å². The van der Waals surface area contributed by atoms with E-state index in [-0.39, 0.29) is 17.7 Å². The molecule has 2 aromatic carbocycles. The molecule has 3 rings (SSSR count). The smallest absolute Gasteiger partial charge is 0.252 e. The van der Waals surface area contributed by atoms with Crippen LogP contribution in [-0.4, -0.2) is 17.6 Å². The van der Waals surface area contributed by atoms with E-state index in [4.69, 9.17) is 4.74 Å². The van der Waals surface area contributed by atoms with Crippen LogP contribution in [-0.2, 0) is 0 Å². The summed E-state index contributed by atoms with van der Waals surface area (Å²) in [6.45, 7) is 2.44. The molecule has 0 aromatic heterocycles. The van der Waals surface area contributed by atoms with Gasteiger partial charge in [0.25, 0.3) is 5.91 Å². The summed E-state index contributed by atoms with van der Waals surface area (Å²) >= 11 is 0. The largest absolute Gasteiger partial charge is 0.508 e. The highest BCUT2D eigenvalue weighted by atomic mass is 16.5. The molecule has 0 radical (unpaired) electrons. The SMILES string of the molecule is Cc1ccc2c(c1)[C@@H](NC(=O)c1cccc(O)c1)CO2. The number of fused-ring (bicyclic) bond motifs is 1. The number of hydrogen-bond acceptors (Lipinski definition) is 3. The van der Waals surface area contributed by atoms with Crippen molar-refractivity contribution in [2.75, 3.05) is 6.61 Å². The second-order valence-electron chi connectivity index (χ2n) is 4.93. The van der Waals surface area contributed by atoms with E-state index in [0.717, 1.165) is 16.9 Å². The first kappa shape index (κ1) is 12.5. The number of amides is 1. The van der Waals surface area contributed by atoms with E-state index in [0.29, 0.717) is 12.2 Å². The predicted octanol–water partition coefficient (Wildman–Crippen LogP) is 2.56. The summed E-state index contributed by atoms with van der Waals surface area (Å²) in [5.74, 6) is 0.678. The Bertz CT molecular complexity index is 667. The minimum Gasteiger partial charge on any atom is -0.508 e. The number of hydrogen-bond donors (Lipinski definition) is 2. The second kappa shape index (κ2) is 4.89. The molecule has 1 amide bonds. The van der Waals surface area contributed by atoms with Crippen LogP contribution in [0.25, 0.3) is 0 Å². The fraction of sp³-hybridized carbons (Fsp3) is 0.188. The van der Waals surface area contributed by atoms with Crippen LogP contribution >= 0.6 is 0 Å². The number of nitrogens with one attached hydrogen (secondary N) is 1. The highest BCUT2D eigenvalue weighted by molar-refractivity contribution is 5.94. The van der Waals surface area contributed by atoms with Gasteiger partial charge in [0.2, 0.25) is 0 Å². The zero-order valence-corrected chi connectivity index (χ0v) is 11.1. The number of phenols is 1. The van der Waals surface area contributed by atoms with Crippen molar-refractivity contribution in [3.05, 3.63) is 59.2 Å². The fourth-order valence-electron chi connectivity index (χ4n) is 2.34. The molecule has 1 atom stereocenters. The van der Waals surface area contributed by atoms with Gasteiger partial charge in [-0.05, 0) is 31.2 Å². The van der Waals surface area contributed by atoms with Crippen molar-refractivity contribution in [3.63, 3.8) is 0 Å². The van der Waals surface area contributed by atoms with Crippen LogP contribution in [0.15, 0.2) is 42.5 Å². The van der Waals surface area contributed by atoms with Gasteiger partial charge in [0.15, 0.2) is 0 Å². The maximum absolute atomic E-state index is 12.2. The van der Waals surface area contributed by atoms with Crippen LogP contribution in [0.4, 0.5) is 0 Å². The molecule has 0 spiro atoms. The molecular weight excluding hydrogens is 254 g/mol. The lowest BCUT2D eigenvalue weighted by Gasteiger charge is -2.12. The van der Waals surface area contributed by atoms with Gasteiger partial charge in [0.1, 0.15) is 18.1 Å². The number of carbonyl (C=O) groups excluding carboxylic acids is 1. The average Bonchev–Trinajstić information content (AvgIpc) is 2.81. The van der Waals surface area contributed by atoms with Gasteiger partial charge in [-0.25, -0.2) is 0 Å². The summed E-state index contributed by atoms with van der Waals surface area (Å²) < 4.78 is 5.56. The van der Waals surface area contributed by atoms with Crippen LogP contribution < -0.4 is 10.1 Å². The van der Waals surface area contributed by atoms with Gasteiger partial charge >= 0.3 is 0 Å². The third-order valence-electron chi connectivity index (χ3n) is 3.36. The molecule has 0 saturated carbocycles. The Morgan fingerprint density at radius 3 is 2.95 bits per heavy atom. The van der Waals surface area contributed by atoms with Crippen LogP contribution in [0.5, 0.6) is 11.5 Å². The van der Waals surface area contributed by atoms with Gasteiger partial charge in [-0.15, -0.1) is 0 Å². The maximum Gasteiger partial charge on any atom is 0.252 e. The van der Waals surface area contributed by atoms with Crippen molar-refractivity contribution in [1.29, 1.82) is 0 Å². The predicted molar refractivity (Wildman–Crippen MR) is 75.0 cm³/mol. The first-order valence-electron chi connectivity index (χ1n) is 6.47. The van der Waals surface area contributed by atoms with Gasteiger partial charge in [-0.2, -0.15) is 0 Å². The van der Waals surface area contributed by atoms with E-state index in [1.165, 1.54) is 12.1 Å². The van der Waals surface area contributed by atoms with Crippen LogP contribution in [0.2, 0.25) is 0 Å². The molecule has 4 nitrogen and oxygen atoms in total. The Morgan fingerprint density at radius 2 is 2.15 bits per heavy atom.